The third-order valence-corrected chi connectivity index (χ3v) is 3.62. The second kappa shape index (κ2) is 5.11. The van der Waals surface area contributed by atoms with E-state index < -0.39 is 0 Å². The number of nitrogens with two attached hydrogens (primary N) is 1. The number of hydrogen-bond donors (Lipinski definition) is 1. The summed E-state index contributed by atoms with van der Waals surface area (Å²) in [6, 6.07) is 7.60. The van der Waals surface area contributed by atoms with Crippen LogP contribution in [0.4, 0.5) is 0 Å². The number of halogens is 1. The van der Waals surface area contributed by atoms with Gasteiger partial charge in [0, 0.05) is 10.4 Å². The normalized spacial score (nSPS) is 13.5. The SMILES string of the molecule is CCC(CC)C(N)c1cc2cc(Cl)ccc2o1. The van der Waals surface area contributed by atoms with Crippen LogP contribution in [0.5, 0.6) is 0 Å². The first kappa shape index (κ1) is 12.5. The van der Waals surface area contributed by atoms with Gasteiger partial charge in [-0.3, -0.25) is 0 Å². The Morgan fingerprint density at radius 2 is 1.94 bits per heavy atom. The van der Waals surface area contributed by atoms with Crippen LogP contribution in [-0.2, 0) is 0 Å². The van der Waals surface area contributed by atoms with E-state index in [0.717, 1.165) is 34.6 Å². The molecule has 0 aliphatic heterocycles. The van der Waals surface area contributed by atoms with E-state index in [1.165, 1.54) is 0 Å². The number of furan rings is 1. The highest BCUT2D eigenvalue weighted by Crippen LogP contribution is 2.30. The van der Waals surface area contributed by atoms with Crippen molar-refractivity contribution in [3.05, 3.63) is 35.0 Å². The van der Waals surface area contributed by atoms with E-state index in [9.17, 15) is 0 Å². The van der Waals surface area contributed by atoms with Crippen LogP contribution in [0.3, 0.4) is 0 Å². The van der Waals surface area contributed by atoms with Crippen LogP contribution < -0.4 is 5.73 Å². The molecular formula is C14H18ClNO. The fraction of sp³-hybridized carbons (Fsp3) is 0.429. The molecule has 0 bridgehead atoms. The molecule has 0 fully saturated rings. The molecule has 2 nitrogen and oxygen atoms in total. The molecule has 0 radical (unpaired) electrons. The third kappa shape index (κ3) is 2.48. The monoisotopic (exact) mass is 251 g/mol. The second-order valence-corrected chi connectivity index (χ2v) is 4.87. The van der Waals surface area contributed by atoms with Crippen molar-refractivity contribution in [3.63, 3.8) is 0 Å². The molecule has 0 spiro atoms. The molecule has 1 aromatic carbocycles. The smallest absolute Gasteiger partial charge is 0.134 e. The Morgan fingerprint density at radius 3 is 2.59 bits per heavy atom. The summed E-state index contributed by atoms with van der Waals surface area (Å²) in [7, 11) is 0. The van der Waals surface area contributed by atoms with E-state index in [1.807, 2.05) is 24.3 Å². The lowest BCUT2D eigenvalue weighted by molar-refractivity contribution is 0.355. The second-order valence-electron chi connectivity index (χ2n) is 4.43. The highest BCUT2D eigenvalue weighted by atomic mass is 35.5. The topological polar surface area (TPSA) is 39.2 Å². The van der Waals surface area contributed by atoms with Gasteiger partial charge in [0.2, 0.25) is 0 Å². The van der Waals surface area contributed by atoms with Crippen molar-refractivity contribution in [1.29, 1.82) is 0 Å². The minimum Gasteiger partial charge on any atom is -0.459 e. The molecule has 0 aliphatic carbocycles. The summed E-state index contributed by atoms with van der Waals surface area (Å²) in [4.78, 5) is 0. The first-order valence-corrected chi connectivity index (χ1v) is 6.48. The summed E-state index contributed by atoms with van der Waals surface area (Å²) in [6.45, 7) is 4.32. The van der Waals surface area contributed by atoms with Crippen molar-refractivity contribution in [2.45, 2.75) is 32.7 Å². The Labute approximate surface area is 107 Å². The van der Waals surface area contributed by atoms with Crippen LogP contribution in [0.1, 0.15) is 38.5 Å². The zero-order valence-corrected chi connectivity index (χ0v) is 11.0. The van der Waals surface area contributed by atoms with E-state index in [0.29, 0.717) is 5.92 Å². The van der Waals surface area contributed by atoms with E-state index in [-0.39, 0.29) is 6.04 Å². The molecular weight excluding hydrogens is 234 g/mol. The van der Waals surface area contributed by atoms with Crippen molar-refractivity contribution in [1.82, 2.24) is 0 Å². The summed E-state index contributed by atoms with van der Waals surface area (Å²) in [5.74, 6) is 1.32. The number of hydrogen-bond acceptors (Lipinski definition) is 2. The third-order valence-electron chi connectivity index (χ3n) is 3.38. The lowest BCUT2D eigenvalue weighted by atomic mass is 9.93. The first-order chi connectivity index (χ1) is 8.15. The molecule has 0 amide bonds. The summed E-state index contributed by atoms with van der Waals surface area (Å²) in [5, 5.41) is 1.75. The molecule has 2 aromatic rings. The maximum atomic E-state index is 6.24. The van der Waals surface area contributed by atoms with Gasteiger partial charge in [0.25, 0.3) is 0 Å². The molecule has 1 atom stereocenters. The zero-order valence-electron chi connectivity index (χ0n) is 10.2. The van der Waals surface area contributed by atoms with Crippen LogP contribution >= 0.6 is 11.6 Å². The maximum absolute atomic E-state index is 6.24. The van der Waals surface area contributed by atoms with Gasteiger partial charge in [-0.05, 0) is 30.2 Å². The summed E-state index contributed by atoms with van der Waals surface area (Å²) in [5.41, 5.74) is 7.09. The van der Waals surface area contributed by atoms with Gasteiger partial charge >= 0.3 is 0 Å². The lowest BCUT2D eigenvalue weighted by Gasteiger charge is -2.18. The standard InChI is InChI=1S/C14H18ClNO/c1-3-9(4-2)14(16)13-8-10-7-11(15)5-6-12(10)17-13/h5-9,14H,3-4,16H2,1-2H3. The highest BCUT2D eigenvalue weighted by Gasteiger charge is 2.19. The lowest BCUT2D eigenvalue weighted by Crippen LogP contribution is -2.19. The molecule has 1 unspecified atom stereocenters. The molecule has 1 aromatic heterocycles. The largest absolute Gasteiger partial charge is 0.459 e. The van der Waals surface area contributed by atoms with Gasteiger partial charge < -0.3 is 10.2 Å². The summed E-state index contributed by atoms with van der Waals surface area (Å²) >= 11 is 5.95. The molecule has 2 rings (SSSR count). The average Bonchev–Trinajstić information content (AvgIpc) is 2.73. The van der Waals surface area contributed by atoms with Gasteiger partial charge in [-0.2, -0.15) is 0 Å². The Morgan fingerprint density at radius 1 is 1.24 bits per heavy atom. The number of benzene rings is 1. The average molecular weight is 252 g/mol. The Balaban J connectivity index is 2.35. The molecule has 0 aliphatic rings. The minimum absolute atomic E-state index is 0.0313. The number of fused-ring (bicyclic) bond motifs is 1. The van der Waals surface area contributed by atoms with Crippen LogP contribution in [-0.4, -0.2) is 0 Å². The molecule has 0 saturated heterocycles. The predicted molar refractivity (Wildman–Crippen MR) is 72.2 cm³/mol. The van der Waals surface area contributed by atoms with E-state index in [4.69, 9.17) is 21.8 Å². The van der Waals surface area contributed by atoms with Crippen molar-refractivity contribution < 1.29 is 4.42 Å². The fourth-order valence-corrected chi connectivity index (χ4v) is 2.41. The minimum atomic E-state index is -0.0313. The van der Waals surface area contributed by atoms with Gasteiger partial charge in [0.05, 0.1) is 6.04 Å². The number of rotatable bonds is 4. The Bertz CT molecular complexity index is 502. The van der Waals surface area contributed by atoms with Crippen molar-refractivity contribution in [2.24, 2.45) is 11.7 Å². The summed E-state index contributed by atoms with van der Waals surface area (Å²) < 4.78 is 5.79. The molecule has 2 N–H and O–H groups in total. The molecule has 92 valence electrons. The molecule has 17 heavy (non-hydrogen) atoms. The predicted octanol–water partition coefficient (Wildman–Crippen LogP) is 4.52. The highest BCUT2D eigenvalue weighted by molar-refractivity contribution is 6.31. The van der Waals surface area contributed by atoms with Gasteiger partial charge in [-0.15, -0.1) is 0 Å². The van der Waals surface area contributed by atoms with Gasteiger partial charge in [0.1, 0.15) is 11.3 Å². The fourth-order valence-electron chi connectivity index (χ4n) is 2.23. The maximum Gasteiger partial charge on any atom is 0.134 e. The van der Waals surface area contributed by atoms with E-state index in [1.54, 1.807) is 0 Å². The first-order valence-electron chi connectivity index (χ1n) is 6.10. The molecule has 3 heteroatoms. The zero-order chi connectivity index (χ0) is 12.4. The van der Waals surface area contributed by atoms with Crippen molar-refractivity contribution >= 4 is 22.6 Å². The van der Waals surface area contributed by atoms with Crippen LogP contribution in [0.2, 0.25) is 5.02 Å². The van der Waals surface area contributed by atoms with Crippen molar-refractivity contribution in [2.75, 3.05) is 0 Å². The van der Waals surface area contributed by atoms with Gasteiger partial charge in [0.15, 0.2) is 0 Å². The molecule has 1 heterocycles. The Hall–Kier alpha value is -0.990. The quantitative estimate of drug-likeness (QED) is 0.868. The van der Waals surface area contributed by atoms with E-state index >= 15 is 0 Å². The van der Waals surface area contributed by atoms with Gasteiger partial charge in [-0.1, -0.05) is 38.3 Å². The van der Waals surface area contributed by atoms with Crippen LogP contribution in [0.15, 0.2) is 28.7 Å². The van der Waals surface area contributed by atoms with Crippen LogP contribution in [0.25, 0.3) is 11.0 Å². The van der Waals surface area contributed by atoms with E-state index in [2.05, 4.69) is 13.8 Å². The van der Waals surface area contributed by atoms with Crippen LogP contribution in [0, 0.1) is 5.92 Å². The summed E-state index contributed by atoms with van der Waals surface area (Å²) in [6.07, 6.45) is 2.13. The molecule has 0 saturated carbocycles. The Kier molecular flexibility index (Phi) is 3.75. The van der Waals surface area contributed by atoms with Crippen molar-refractivity contribution in [3.8, 4) is 0 Å². The van der Waals surface area contributed by atoms with Gasteiger partial charge in [-0.25, -0.2) is 0 Å².